The molecule has 1 aliphatic rings. The summed E-state index contributed by atoms with van der Waals surface area (Å²) in [6, 6.07) is 7.26. The number of fused-ring (bicyclic) bond motifs is 1. The Morgan fingerprint density at radius 2 is 2.12 bits per heavy atom. The lowest BCUT2D eigenvalue weighted by Crippen LogP contribution is -2.12. The molecule has 0 unspecified atom stereocenters. The second-order valence-electron chi connectivity index (χ2n) is 7.47. The van der Waals surface area contributed by atoms with Crippen molar-refractivity contribution in [1.29, 1.82) is 0 Å². The van der Waals surface area contributed by atoms with E-state index in [0.717, 1.165) is 16.4 Å². The Hall–Kier alpha value is -1.66. The van der Waals surface area contributed by atoms with Gasteiger partial charge >= 0.3 is 5.97 Å². The number of nitrogens with one attached hydrogen (secondary N) is 2. The Balaban J connectivity index is 0.000000442. The fourth-order valence-corrected chi connectivity index (χ4v) is 4.19. The van der Waals surface area contributed by atoms with Gasteiger partial charge in [0.2, 0.25) is 0 Å². The zero-order valence-electron chi connectivity index (χ0n) is 17.9. The fraction of sp³-hybridized carbons (Fsp3) is 0.364. The number of anilines is 2. The monoisotopic (exact) mass is 608 g/mol. The lowest BCUT2D eigenvalue weighted by atomic mass is 10.1. The van der Waals surface area contributed by atoms with Gasteiger partial charge in [-0.3, -0.25) is 0 Å². The topological polar surface area (TPSA) is 88.4 Å². The Morgan fingerprint density at radius 3 is 2.70 bits per heavy atom. The number of rotatable bonds is 9. The number of hydroxylamine groups is 1. The smallest absolute Gasteiger partial charge is 0.338 e. The third kappa shape index (κ3) is 6.92. The van der Waals surface area contributed by atoms with Gasteiger partial charge < -0.3 is 19.8 Å². The van der Waals surface area contributed by atoms with E-state index >= 15 is 4.39 Å². The molecule has 0 atom stereocenters. The predicted octanol–water partition coefficient (Wildman–Crippen LogP) is 6.19. The number of imidazole rings is 1. The molecule has 1 aliphatic carbocycles. The highest BCUT2D eigenvalue weighted by molar-refractivity contribution is 14.1. The summed E-state index contributed by atoms with van der Waals surface area (Å²) >= 11 is 14.0. The zero-order valence-corrected chi connectivity index (χ0v) is 21.5. The number of hydrogen-bond acceptors (Lipinski definition) is 5. The molecule has 0 bridgehead atoms. The maximum Gasteiger partial charge on any atom is 0.338 e. The van der Waals surface area contributed by atoms with Gasteiger partial charge in [-0.2, -0.15) is 5.48 Å². The number of carboxylic acids is 1. The van der Waals surface area contributed by atoms with E-state index in [9.17, 15) is 9.90 Å². The maximum absolute atomic E-state index is 15.1. The molecule has 33 heavy (non-hydrogen) atoms. The van der Waals surface area contributed by atoms with Crippen molar-refractivity contribution in [2.45, 2.75) is 38.3 Å². The molecule has 1 saturated carbocycles. The molecule has 3 N–H and O–H groups in total. The first-order valence-corrected chi connectivity index (χ1v) is 12.3. The number of carboxylic acid groups (broad SMARTS) is 1. The molecule has 0 radical (unpaired) electrons. The second-order valence-corrected chi connectivity index (χ2v) is 9.50. The summed E-state index contributed by atoms with van der Waals surface area (Å²) in [4.78, 5) is 20.5. The van der Waals surface area contributed by atoms with E-state index < -0.39 is 11.8 Å². The van der Waals surface area contributed by atoms with Crippen LogP contribution >= 0.6 is 45.8 Å². The van der Waals surface area contributed by atoms with Gasteiger partial charge in [0.25, 0.3) is 0 Å². The summed E-state index contributed by atoms with van der Waals surface area (Å²) in [5, 5.41) is 12.8. The molecular formula is C22H24Cl2FIN4O3. The van der Waals surface area contributed by atoms with E-state index in [4.69, 9.17) is 23.2 Å². The maximum atomic E-state index is 15.1. The highest BCUT2D eigenvalue weighted by Gasteiger charge is 2.22. The quantitative estimate of drug-likeness (QED) is 0.116. The van der Waals surface area contributed by atoms with Crippen LogP contribution in [0.1, 0.15) is 36.0 Å². The van der Waals surface area contributed by atoms with Crippen LogP contribution in [0.3, 0.4) is 0 Å². The third-order valence-electron chi connectivity index (χ3n) is 4.92. The SMILES string of the molecule is CONC1CC1.O=C(O)c1cc2c(ncn2CCCCCl)c(F)c1Nc1ccc(I)cc1Cl. The highest BCUT2D eigenvalue weighted by atomic mass is 127. The van der Waals surface area contributed by atoms with Gasteiger partial charge in [0, 0.05) is 22.0 Å². The minimum Gasteiger partial charge on any atom is -0.478 e. The number of benzene rings is 2. The van der Waals surface area contributed by atoms with E-state index in [2.05, 4.69) is 43.2 Å². The molecule has 4 rings (SSSR count). The number of nitrogens with zero attached hydrogens (tertiary/aromatic N) is 2. The normalized spacial score (nSPS) is 13.0. The fourth-order valence-electron chi connectivity index (χ4n) is 3.10. The number of aromatic carboxylic acids is 1. The van der Waals surface area contributed by atoms with E-state index in [1.54, 1.807) is 29.9 Å². The van der Waals surface area contributed by atoms with Crippen molar-refractivity contribution in [3.8, 4) is 0 Å². The van der Waals surface area contributed by atoms with Crippen LogP contribution in [0, 0.1) is 9.39 Å². The molecule has 0 saturated heterocycles. The third-order valence-corrected chi connectivity index (χ3v) is 6.17. The van der Waals surface area contributed by atoms with Crippen LogP contribution in [0.4, 0.5) is 15.8 Å². The van der Waals surface area contributed by atoms with Gasteiger partial charge in [0.1, 0.15) is 5.52 Å². The lowest BCUT2D eigenvalue weighted by molar-refractivity contribution is 0.0697. The molecule has 3 aromatic rings. The first kappa shape index (κ1) is 26.0. The minimum atomic E-state index is -1.24. The van der Waals surface area contributed by atoms with Crippen LogP contribution in [0.25, 0.3) is 11.0 Å². The Morgan fingerprint density at radius 1 is 1.36 bits per heavy atom. The van der Waals surface area contributed by atoms with Crippen LogP contribution in [0.15, 0.2) is 30.6 Å². The van der Waals surface area contributed by atoms with Gasteiger partial charge in [-0.05, 0) is 72.5 Å². The standard InChI is InChI=1S/C18H15Cl2FIN3O2.C4H9NO/c19-5-1-2-6-25-9-23-17-14(25)8-11(18(26)27)16(15(17)21)24-13-4-3-10(22)7-12(13)20;1-6-5-4-2-3-4/h3-4,7-9,24H,1-2,5-6H2,(H,26,27);4-5H,2-3H2,1H3. The molecule has 1 heterocycles. The molecular weight excluding hydrogens is 585 g/mol. The van der Waals surface area contributed by atoms with Crippen LogP contribution in [0.5, 0.6) is 0 Å². The van der Waals surface area contributed by atoms with Crippen molar-refractivity contribution < 1.29 is 19.1 Å². The number of hydrogen-bond donors (Lipinski definition) is 3. The molecule has 1 fully saturated rings. The van der Waals surface area contributed by atoms with Crippen molar-refractivity contribution in [2.24, 2.45) is 0 Å². The molecule has 0 amide bonds. The average Bonchev–Trinajstić information content (AvgIpc) is 3.50. The second kappa shape index (κ2) is 12.2. The van der Waals surface area contributed by atoms with Gasteiger partial charge in [-0.15, -0.1) is 11.6 Å². The van der Waals surface area contributed by atoms with Gasteiger partial charge in [0.15, 0.2) is 5.82 Å². The van der Waals surface area contributed by atoms with Crippen molar-refractivity contribution in [1.82, 2.24) is 15.0 Å². The number of unbranched alkanes of at least 4 members (excludes halogenated alkanes) is 1. The Labute approximate surface area is 214 Å². The molecule has 0 aliphatic heterocycles. The Kier molecular flexibility index (Phi) is 9.57. The van der Waals surface area contributed by atoms with Gasteiger partial charge in [-0.1, -0.05) is 11.6 Å². The number of aryl methyl sites for hydroxylation is 1. The molecule has 7 nitrogen and oxygen atoms in total. The summed E-state index contributed by atoms with van der Waals surface area (Å²) in [7, 11) is 1.65. The van der Waals surface area contributed by atoms with E-state index in [1.807, 2.05) is 0 Å². The Bertz CT molecular complexity index is 1120. The highest BCUT2D eigenvalue weighted by Crippen LogP contribution is 2.34. The summed E-state index contributed by atoms with van der Waals surface area (Å²) in [5.41, 5.74) is 3.42. The van der Waals surface area contributed by atoms with Crippen LogP contribution in [0.2, 0.25) is 5.02 Å². The average molecular weight is 609 g/mol. The van der Waals surface area contributed by atoms with Crippen molar-refractivity contribution in [2.75, 3.05) is 18.3 Å². The van der Waals surface area contributed by atoms with Crippen molar-refractivity contribution in [3.63, 3.8) is 0 Å². The molecule has 11 heteroatoms. The molecule has 0 spiro atoms. The summed E-state index contributed by atoms with van der Waals surface area (Å²) in [5.74, 6) is -1.43. The number of carbonyl (C=O) groups is 1. The predicted molar refractivity (Wildman–Crippen MR) is 137 cm³/mol. The van der Waals surface area contributed by atoms with Gasteiger partial charge in [-0.25, -0.2) is 14.2 Å². The molecule has 2 aromatic carbocycles. The minimum absolute atomic E-state index is 0.106. The summed E-state index contributed by atoms with van der Waals surface area (Å²) < 4.78 is 17.8. The summed E-state index contributed by atoms with van der Waals surface area (Å²) in [6.07, 6.45) is 5.68. The molecule has 1 aromatic heterocycles. The largest absolute Gasteiger partial charge is 0.478 e. The van der Waals surface area contributed by atoms with Crippen molar-refractivity contribution >= 4 is 74.2 Å². The molecule has 178 valence electrons. The number of halogens is 4. The van der Waals surface area contributed by atoms with E-state index in [-0.39, 0.29) is 16.8 Å². The van der Waals surface area contributed by atoms with E-state index in [1.165, 1.54) is 25.2 Å². The lowest BCUT2D eigenvalue weighted by Gasteiger charge is -2.13. The van der Waals surface area contributed by atoms with Crippen LogP contribution in [-0.2, 0) is 11.4 Å². The first-order valence-electron chi connectivity index (χ1n) is 10.3. The zero-order chi connectivity index (χ0) is 24.0. The van der Waals surface area contributed by atoms with E-state index in [0.29, 0.717) is 34.7 Å². The van der Waals surface area contributed by atoms with Crippen LogP contribution < -0.4 is 10.8 Å². The number of alkyl halides is 1. The first-order chi connectivity index (χ1) is 15.8. The van der Waals surface area contributed by atoms with Crippen LogP contribution in [-0.4, -0.2) is 39.7 Å². The number of aromatic nitrogens is 2. The summed E-state index contributed by atoms with van der Waals surface area (Å²) in [6.45, 7) is 0.581. The van der Waals surface area contributed by atoms with Gasteiger partial charge in [0.05, 0.1) is 40.9 Å². The van der Waals surface area contributed by atoms with Crippen molar-refractivity contribution in [3.05, 3.63) is 50.6 Å².